The quantitative estimate of drug-likeness (QED) is 0.543. The molecular formula is C15H19BN2O2. The van der Waals surface area contributed by atoms with Gasteiger partial charge in [0.2, 0.25) is 6.71 Å². The largest absolute Gasteiger partial charge is 0.456 e. The smallest absolute Gasteiger partial charge is 0.327 e. The molecule has 0 spiro atoms. The van der Waals surface area contributed by atoms with Gasteiger partial charge in [0.25, 0.3) is 0 Å². The van der Waals surface area contributed by atoms with E-state index in [1.54, 1.807) is 0 Å². The summed E-state index contributed by atoms with van der Waals surface area (Å²) in [6, 6.07) is 2.35. The number of aliphatic imine (C=N–C) groups is 1. The Morgan fingerprint density at radius 2 is 2.10 bits per heavy atom. The lowest BCUT2D eigenvalue weighted by Crippen LogP contribution is -2.39. The van der Waals surface area contributed by atoms with Crippen LogP contribution in [-0.4, -0.2) is 24.4 Å². The number of rotatable bonds is 1. The number of carbonyl (C=O) groups excluding carboxylic acids is 1. The molecule has 0 aromatic heterocycles. The number of hydrogen-bond donors (Lipinski definition) is 0. The lowest BCUT2D eigenvalue weighted by atomic mass is 9.35. The highest BCUT2D eigenvalue weighted by molar-refractivity contribution is 6.96. The summed E-state index contributed by atoms with van der Waals surface area (Å²) in [6.45, 7) is 3.96. The maximum absolute atomic E-state index is 12.3. The number of esters is 1. The average Bonchev–Trinajstić information content (AvgIpc) is 2.81. The fraction of sp³-hybridized carbons (Fsp3) is 0.667. The highest BCUT2D eigenvalue weighted by Gasteiger charge is 2.44. The van der Waals surface area contributed by atoms with Crippen LogP contribution in [0.5, 0.6) is 0 Å². The number of nitrogens with zero attached hydrogens (tertiary/aromatic N) is 2. The highest BCUT2D eigenvalue weighted by atomic mass is 16.6. The van der Waals surface area contributed by atoms with Gasteiger partial charge < -0.3 is 4.74 Å². The summed E-state index contributed by atoms with van der Waals surface area (Å²) in [5, 5.41) is 8.97. The lowest BCUT2D eigenvalue weighted by Gasteiger charge is -2.33. The van der Waals surface area contributed by atoms with Gasteiger partial charge in [-0.3, -0.25) is 4.99 Å². The van der Waals surface area contributed by atoms with E-state index in [2.05, 4.69) is 11.1 Å². The van der Waals surface area contributed by atoms with Crippen molar-refractivity contribution in [3.63, 3.8) is 0 Å². The molecular weight excluding hydrogens is 251 g/mol. The van der Waals surface area contributed by atoms with Crippen molar-refractivity contribution in [2.75, 3.05) is 0 Å². The van der Waals surface area contributed by atoms with Gasteiger partial charge in [0.05, 0.1) is 6.07 Å². The van der Waals surface area contributed by atoms with E-state index in [1.807, 2.05) is 20.0 Å². The van der Waals surface area contributed by atoms with Gasteiger partial charge >= 0.3 is 5.97 Å². The van der Waals surface area contributed by atoms with Crippen LogP contribution in [0, 0.1) is 17.2 Å². The van der Waals surface area contributed by atoms with Crippen molar-refractivity contribution in [2.24, 2.45) is 10.9 Å². The summed E-state index contributed by atoms with van der Waals surface area (Å²) in [5.41, 5.74) is 1.25. The fourth-order valence-electron chi connectivity index (χ4n) is 3.61. The SMILES string of the molecule is CC1(C)CC2=C(B(C3CCC(C#N)CC3)C=N2)C(=O)O1. The zero-order chi connectivity index (χ0) is 14.3. The van der Waals surface area contributed by atoms with Gasteiger partial charge in [-0.25, -0.2) is 4.79 Å². The molecule has 1 saturated carbocycles. The molecule has 0 aromatic carbocycles. The number of nitriles is 1. The predicted octanol–water partition coefficient (Wildman–Crippen LogP) is 2.71. The van der Waals surface area contributed by atoms with E-state index in [4.69, 9.17) is 10.00 Å². The zero-order valence-electron chi connectivity index (χ0n) is 12.1. The van der Waals surface area contributed by atoms with E-state index in [0.717, 1.165) is 36.9 Å². The van der Waals surface area contributed by atoms with Crippen molar-refractivity contribution in [1.29, 1.82) is 5.26 Å². The van der Waals surface area contributed by atoms with Crippen molar-refractivity contribution in [1.82, 2.24) is 0 Å². The van der Waals surface area contributed by atoms with Crippen molar-refractivity contribution in [2.45, 2.75) is 57.4 Å². The molecule has 2 heterocycles. The van der Waals surface area contributed by atoms with Gasteiger partial charge in [0.15, 0.2) is 0 Å². The second-order valence-electron chi connectivity index (χ2n) is 6.73. The minimum absolute atomic E-state index is 0.105. The molecule has 0 saturated heterocycles. The minimum atomic E-state index is -0.444. The zero-order valence-corrected chi connectivity index (χ0v) is 12.1. The van der Waals surface area contributed by atoms with E-state index in [-0.39, 0.29) is 18.6 Å². The van der Waals surface area contributed by atoms with Crippen LogP contribution < -0.4 is 0 Å². The molecule has 0 N–H and O–H groups in total. The highest BCUT2D eigenvalue weighted by Crippen LogP contribution is 2.41. The first-order valence-corrected chi connectivity index (χ1v) is 7.40. The van der Waals surface area contributed by atoms with Crippen molar-refractivity contribution in [3.05, 3.63) is 11.2 Å². The maximum atomic E-state index is 12.3. The van der Waals surface area contributed by atoms with Crippen LogP contribution >= 0.6 is 0 Å². The first kappa shape index (κ1) is 13.4. The summed E-state index contributed by atoms with van der Waals surface area (Å²) < 4.78 is 5.52. The van der Waals surface area contributed by atoms with Crippen molar-refractivity contribution < 1.29 is 9.53 Å². The Morgan fingerprint density at radius 3 is 2.75 bits per heavy atom. The Bertz CT molecular complexity index is 537. The minimum Gasteiger partial charge on any atom is -0.456 e. The third kappa shape index (κ3) is 2.28. The summed E-state index contributed by atoms with van der Waals surface area (Å²) in [5.74, 6) is 0.432. The van der Waals surface area contributed by atoms with Crippen LogP contribution in [0.3, 0.4) is 0 Å². The topological polar surface area (TPSA) is 62.5 Å². The molecule has 20 heavy (non-hydrogen) atoms. The second kappa shape index (κ2) is 4.77. The third-order valence-electron chi connectivity index (χ3n) is 4.68. The summed E-state index contributed by atoms with van der Waals surface area (Å²) >= 11 is 0. The Hall–Kier alpha value is -1.57. The number of carbonyl (C=O) groups is 1. The van der Waals surface area contributed by atoms with Gasteiger partial charge in [-0.05, 0) is 32.8 Å². The van der Waals surface area contributed by atoms with Crippen LogP contribution in [0.2, 0.25) is 5.82 Å². The van der Waals surface area contributed by atoms with E-state index in [9.17, 15) is 4.79 Å². The molecule has 0 aromatic rings. The van der Waals surface area contributed by atoms with Crippen molar-refractivity contribution >= 4 is 18.8 Å². The normalized spacial score (nSPS) is 31.9. The van der Waals surface area contributed by atoms with E-state index in [1.165, 1.54) is 0 Å². The van der Waals surface area contributed by atoms with E-state index >= 15 is 0 Å². The van der Waals surface area contributed by atoms with Crippen LogP contribution in [0.25, 0.3) is 0 Å². The molecule has 4 nitrogen and oxygen atoms in total. The Morgan fingerprint density at radius 1 is 1.40 bits per heavy atom. The summed E-state index contributed by atoms with van der Waals surface area (Å²) in [6.07, 6.45) is 6.52. The maximum Gasteiger partial charge on any atom is 0.327 e. The summed E-state index contributed by atoms with van der Waals surface area (Å²) in [7, 11) is 0. The lowest BCUT2D eigenvalue weighted by molar-refractivity contribution is -0.152. The van der Waals surface area contributed by atoms with Gasteiger partial charge in [0, 0.05) is 23.5 Å². The molecule has 1 fully saturated rings. The van der Waals surface area contributed by atoms with E-state index in [0.29, 0.717) is 12.2 Å². The standard InChI is InChI=1S/C15H19BN2O2/c1-15(2)7-12-13(14(19)20-15)16(9-18-12)11-5-3-10(8-17)4-6-11/h9-11H,3-7H2,1-2H3. The molecule has 0 amide bonds. The Kier molecular flexibility index (Phi) is 3.20. The number of hydrogen-bond acceptors (Lipinski definition) is 4. The number of cyclic esters (lactones) is 1. The van der Waals surface area contributed by atoms with Gasteiger partial charge in [-0.2, -0.15) is 5.26 Å². The molecule has 5 heteroatoms. The molecule has 1 aliphatic carbocycles. The second-order valence-corrected chi connectivity index (χ2v) is 6.73. The first-order valence-electron chi connectivity index (χ1n) is 7.40. The van der Waals surface area contributed by atoms with Crippen LogP contribution in [0.1, 0.15) is 46.0 Å². The predicted molar refractivity (Wildman–Crippen MR) is 77.4 cm³/mol. The molecule has 0 unspecified atom stereocenters. The Labute approximate surface area is 120 Å². The Balaban J connectivity index is 1.78. The van der Waals surface area contributed by atoms with Crippen LogP contribution in [-0.2, 0) is 9.53 Å². The molecule has 0 atom stereocenters. The van der Waals surface area contributed by atoms with Crippen LogP contribution in [0.4, 0.5) is 0 Å². The summed E-state index contributed by atoms with van der Waals surface area (Å²) in [4.78, 5) is 16.7. The average molecular weight is 270 g/mol. The first-order chi connectivity index (χ1) is 9.50. The molecule has 3 aliphatic rings. The van der Waals surface area contributed by atoms with Crippen LogP contribution in [0.15, 0.2) is 16.2 Å². The molecule has 2 aliphatic heterocycles. The molecule has 104 valence electrons. The van der Waals surface area contributed by atoms with E-state index < -0.39 is 5.60 Å². The van der Waals surface area contributed by atoms with Gasteiger partial charge in [0.1, 0.15) is 5.60 Å². The van der Waals surface area contributed by atoms with Crippen molar-refractivity contribution in [3.8, 4) is 6.07 Å². The molecule has 0 radical (unpaired) electrons. The third-order valence-corrected chi connectivity index (χ3v) is 4.68. The fourth-order valence-corrected chi connectivity index (χ4v) is 3.61. The molecule has 0 bridgehead atoms. The van der Waals surface area contributed by atoms with Gasteiger partial charge in [-0.1, -0.05) is 18.7 Å². The number of ether oxygens (including phenoxy) is 1. The van der Waals surface area contributed by atoms with Gasteiger partial charge in [-0.15, -0.1) is 0 Å². The monoisotopic (exact) mass is 270 g/mol. The molecule has 3 rings (SSSR count).